The molecule has 102 valence electrons. The van der Waals surface area contributed by atoms with Gasteiger partial charge in [0.15, 0.2) is 0 Å². The van der Waals surface area contributed by atoms with Crippen molar-refractivity contribution in [3.8, 4) is 0 Å². The van der Waals surface area contributed by atoms with Crippen LogP contribution in [-0.4, -0.2) is 47.8 Å². The minimum Gasteiger partial charge on any atom is -0.478 e. The predicted octanol–water partition coefficient (Wildman–Crippen LogP) is 1.64. The standard InChI is InChI=1S/C13H16N2O4/c1-9-8-15(5-6-19-9)13(18)14-11-4-2-3-10(7-11)12(16)17/h2-4,7,9H,5-6,8H2,1H3,(H,14,18)(H,16,17). The molecule has 0 saturated carbocycles. The van der Waals surface area contributed by atoms with Gasteiger partial charge < -0.3 is 20.1 Å². The van der Waals surface area contributed by atoms with E-state index in [1.165, 1.54) is 12.1 Å². The molecular weight excluding hydrogens is 248 g/mol. The smallest absolute Gasteiger partial charge is 0.335 e. The Balaban J connectivity index is 2.02. The lowest BCUT2D eigenvalue weighted by molar-refractivity contribution is -0.00138. The first-order valence-corrected chi connectivity index (χ1v) is 6.07. The molecule has 1 aromatic rings. The monoisotopic (exact) mass is 264 g/mol. The summed E-state index contributed by atoms with van der Waals surface area (Å²) in [6, 6.07) is 5.94. The number of anilines is 1. The van der Waals surface area contributed by atoms with Gasteiger partial charge in [0.05, 0.1) is 18.3 Å². The van der Waals surface area contributed by atoms with Crippen molar-refractivity contribution in [1.29, 1.82) is 0 Å². The number of nitrogens with one attached hydrogen (secondary N) is 1. The number of carboxylic acid groups (broad SMARTS) is 1. The van der Waals surface area contributed by atoms with Gasteiger partial charge in [-0.05, 0) is 25.1 Å². The van der Waals surface area contributed by atoms with Gasteiger partial charge in [0.25, 0.3) is 0 Å². The molecule has 1 unspecified atom stereocenters. The van der Waals surface area contributed by atoms with E-state index in [1.54, 1.807) is 17.0 Å². The Morgan fingerprint density at radius 1 is 1.47 bits per heavy atom. The summed E-state index contributed by atoms with van der Waals surface area (Å²) in [5.41, 5.74) is 0.622. The molecule has 1 fully saturated rings. The Bertz CT molecular complexity index is 489. The summed E-state index contributed by atoms with van der Waals surface area (Å²) in [5.74, 6) is -1.02. The second kappa shape index (κ2) is 5.71. The minimum atomic E-state index is -1.02. The molecule has 0 radical (unpaired) electrons. The molecule has 1 aliphatic rings. The van der Waals surface area contributed by atoms with Crippen LogP contribution in [0.5, 0.6) is 0 Å². The first kappa shape index (κ1) is 13.4. The fourth-order valence-electron chi connectivity index (χ4n) is 1.94. The van der Waals surface area contributed by atoms with Crippen molar-refractivity contribution in [3.63, 3.8) is 0 Å². The van der Waals surface area contributed by atoms with Gasteiger partial charge in [-0.15, -0.1) is 0 Å². The number of aromatic carboxylic acids is 1. The van der Waals surface area contributed by atoms with Gasteiger partial charge in [0.1, 0.15) is 0 Å². The largest absolute Gasteiger partial charge is 0.478 e. The summed E-state index contributed by atoms with van der Waals surface area (Å²) in [6.45, 7) is 3.49. The molecule has 19 heavy (non-hydrogen) atoms. The van der Waals surface area contributed by atoms with Crippen LogP contribution in [0.25, 0.3) is 0 Å². The highest BCUT2D eigenvalue weighted by molar-refractivity contribution is 5.93. The van der Waals surface area contributed by atoms with E-state index in [0.29, 0.717) is 25.4 Å². The van der Waals surface area contributed by atoms with Crippen molar-refractivity contribution in [2.45, 2.75) is 13.0 Å². The fourth-order valence-corrected chi connectivity index (χ4v) is 1.94. The number of carbonyl (C=O) groups is 2. The zero-order chi connectivity index (χ0) is 13.8. The summed E-state index contributed by atoms with van der Waals surface area (Å²) in [6.07, 6.45) is 0.0184. The molecule has 1 heterocycles. The van der Waals surface area contributed by atoms with Gasteiger partial charge in [0, 0.05) is 18.8 Å². The van der Waals surface area contributed by atoms with Crippen LogP contribution in [0.4, 0.5) is 10.5 Å². The number of urea groups is 1. The highest BCUT2D eigenvalue weighted by Gasteiger charge is 2.21. The normalized spacial score (nSPS) is 19.0. The molecule has 2 rings (SSSR count). The Labute approximate surface area is 111 Å². The maximum absolute atomic E-state index is 12.0. The third-order valence-electron chi connectivity index (χ3n) is 2.89. The molecule has 1 saturated heterocycles. The Kier molecular flexibility index (Phi) is 4.01. The highest BCUT2D eigenvalue weighted by atomic mass is 16.5. The van der Waals surface area contributed by atoms with Gasteiger partial charge in [0.2, 0.25) is 0 Å². The molecule has 0 aliphatic carbocycles. The van der Waals surface area contributed by atoms with Crippen LogP contribution in [-0.2, 0) is 4.74 Å². The van der Waals surface area contributed by atoms with Crippen LogP contribution in [0.15, 0.2) is 24.3 Å². The molecular formula is C13H16N2O4. The lowest BCUT2D eigenvalue weighted by atomic mass is 10.2. The topological polar surface area (TPSA) is 78.9 Å². The number of amides is 2. The number of hydrogen-bond acceptors (Lipinski definition) is 3. The van der Waals surface area contributed by atoms with Crippen molar-refractivity contribution >= 4 is 17.7 Å². The Morgan fingerprint density at radius 2 is 2.26 bits per heavy atom. The van der Waals surface area contributed by atoms with E-state index in [4.69, 9.17) is 9.84 Å². The Hall–Kier alpha value is -2.08. The number of benzene rings is 1. The molecule has 6 nitrogen and oxygen atoms in total. The average molecular weight is 264 g/mol. The lowest BCUT2D eigenvalue weighted by Crippen LogP contribution is -2.46. The molecule has 1 aromatic carbocycles. The number of ether oxygens (including phenoxy) is 1. The van der Waals surface area contributed by atoms with E-state index in [9.17, 15) is 9.59 Å². The van der Waals surface area contributed by atoms with Gasteiger partial charge in [-0.2, -0.15) is 0 Å². The van der Waals surface area contributed by atoms with Gasteiger partial charge in [-0.25, -0.2) is 9.59 Å². The van der Waals surface area contributed by atoms with Crippen molar-refractivity contribution in [1.82, 2.24) is 4.90 Å². The predicted molar refractivity (Wildman–Crippen MR) is 69.4 cm³/mol. The third kappa shape index (κ3) is 3.45. The van der Waals surface area contributed by atoms with Crippen LogP contribution in [0.2, 0.25) is 0 Å². The first-order chi connectivity index (χ1) is 9.06. The molecule has 0 aromatic heterocycles. The highest BCUT2D eigenvalue weighted by Crippen LogP contribution is 2.13. The molecule has 0 spiro atoms. The zero-order valence-corrected chi connectivity index (χ0v) is 10.6. The van der Waals surface area contributed by atoms with Gasteiger partial charge >= 0.3 is 12.0 Å². The fraction of sp³-hybridized carbons (Fsp3) is 0.385. The van der Waals surface area contributed by atoms with E-state index in [-0.39, 0.29) is 17.7 Å². The summed E-state index contributed by atoms with van der Waals surface area (Å²) in [7, 11) is 0. The summed E-state index contributed by atoms with van der Waals surface area (Å²) >= 11 is 0. The summed E-state index contributed by atoms with van der Waals surface area (Å²) in [5, 5.41) is 11.6. The SMILES string of the molecule is CC1CN(C(=O)Nc2cccc(C(=O)O)c2)CCO1. The third-order valence-corrected chi connectivity index (χ3v) is 2.89. The quantitative estimate of drug-likeness (QED) is 0.851. The Morgan fingerprint density at radius 3 is 2.95 bits per heavy atom. The molecule has 2 N–H and O–H groups in total. The second-order valence-electron chi connectivity index (χ2n) is 4.44. The van der Waals surface area contributed by atoms with Crippen molar-refractivity contribution in [2.24, 2.45) is 0 Å². The summed E-state index contributed by atoms with van der Waals surface area (Å²) < 4.78 is 5.36. The van der Waals surface area contributed by atoms with Crippen LogP contribution in [0.1, 0.15) is 17.3 Å². The second-order valence-corrected chi connectivity index (χ2v) is 4.44. The van der Waals surface area contributed by atoms with Crippen molar-refractivity contribution in [2.75, 3.05) is 25.0 Å². The van der Waals surface area contributed by atoms with E-state index in [2.05, 4.69) is 5.32 Å². The maximum atomic E-state index is 12.0. The van der Waals surface area contributed by atoms with Crippen LogP contribution < -0.4 is 5.32 Å². The number of carboxylic acids is 1. The van der Waals surface area contributed by atoms with Crippen molar-refractivity contribution in [3.05, 3.63) is 29.8 Å². The van der Waals surface area contributed by atoms with Crippen molar-refractivity contribution < 1.29 is 19.4 Å². The van der Waals surface area contributed by atoms with Crippen LogP contribution >= 0.6 is 0 Å². The molecule has 0 bridgehead atoms. The molecule has 1 aliphatic heterocycles. The average Bonchev–Trinajstić information content (AvgIpc) is 2.39. The number of morpholine rings is 1. The molecule has 1 atom stereocenters. The molecule has 6 heteroatoms. The van der Waals surface area contributed by atoms with Gasteiger partial charge in [-0.3, -0.25) is 0 Å². The van der Waals surface area contributed by atoms with Crippen LogP contribution in [0.3, 0.4) is 0 Å². The zero-order valence-electron chi connectivity index (χ0n) is 10.6. The first-order valence-electron chi connectivity index (χ1n) is 6.07. The van der Waals surface area contributed by atoms with E-state index >= 15 is 0 Å². The van der Waals surface area contributed by atoms with Gasteiger partial charge in [-0.1, -0.05) is 6.07 Å². The van der Waals surface area contributed by atoms with E-state index < -0.39 is 5.97 Å². The molecule has 2 amide bonds. The summed E-state index contributed by atoms with van der Waals surface area (Å²) in [4.78, 5) is 24.5. The van der Waals surface area contributed by atoms with Crippen LogP contribution in [0, 0.1) is 0 Å². The number of nitrogens with zero attached hydrogens (tertiary/aromatic N) is 1. The minimum absolute atomic E-state index is 0.0184. The maximum Gasteiger partial charge on any atom is 0.335 e. The number of rotatable bonds is 2. The lowest BCUT2D eigenvalue weighted by Gasteiger charge is -2.31. The van der Waals surface area contributed by atoms with E-state index in [1.807, 2.05) is 6.92 Å². The number of carbonyl (C=O) groups excluding carboxylic acids is 1. The van der Waals surface area contributed by atoms with E-state index in [0.717, 1.165) is 0 Å². The number of hydrogen-bond donors (Lipinski definition) is 2.